The molecule has 0 aromatic carbocycles. The molecule has 1 saturated heterocycles. The average Bonchev–Trinajstić information content (AvgIpc) is 2.47. The Balaban J connectivity index is 2.10. The zero-order chi connectivity index (χ0) is 14.5. The van der Waals surface area contributed by atoms with Crippen molar-refractivity contribution < 1.29 is 9.47 Å². The zero-order valence-electron chi connectivity index (χ0n) is 12.9. The van der Waals surface area contributed by atoms with E-state index < -0.39 is 0 Å². The van der Waals surface area contributed by atoms with E-state index in [1.807, 2.05) is 14.0 Å². The van der Waals surface area contributed by atoms with Gasteiger partial charge >= 0.3 is 0 Å². The molecule has 0 saturated carbocycles. The summed E-state index contributed by atoms with van der Waals surface area (Å²) < 4.78 is 11.3. The molecular formula is C15H25N3O2. The fourth-order valence-corrected chi connectivity index (χ4v) is 2.26. The standard InChI is InChI=1S/C15H25N3O2/c1-10(2)13-17-14(16-4)11(3)15(18-13)20-9-12-5-7-19-8-6-12/h10,12H,5-9H2,1-4H3,(H,16,17,18). The number of nitrogens with one attached hydrogen (secondary N) is 1. The van der Waals surface area contributed by atoms with E-state index in [1.165, 1.54) is 0 Å². The van der Waals surface area contributed by atoms with Crippen molar-refractivity contribution in [2.45, 2.75) is 39.5 Å². The summed E-state index contributed by atoms with van der Waals surface area (Å²) >= 11 is 0. The van der Waals surface area contributed by atoms with E-state index in [4.69, 9.17) is 9.47 Å². The van der Waals surface area contributed by atoms with Gasteiger partial charge in [-0.15, -0.1) is 0 Å². The molecule has 0 aliphatic carbocycles. The van der Waals surface area contributed by atoms with Crippen molar-refractivity contribution >= 4 is 5.82 Å². The lowest BCUT2D eigenvalue weighted by molar-refractivity contribution is 0.0488. The van der Waals surface area contributed by atoms with Gasteiger partial charge in [0.15, 0.2) is 0 Å². The van der Waals surface area contributed by atoms with Crippen LogP contribution >= 0.6 is 0 Å². The number of aromatic nitrogens is 2. The summed E-state index contributed by atoms with van der Waals surface area (Å²) in [6.07, 6.45) is 2.14. The average molecular weight is 279 g/mol. The highest BCUT2D eigenvalue weighted by molar-refractivity contribution is 5.48. The van der Waals surface area contributed by atoms with Crippen LogP contribution in [0.1, 0.15) is 44.0 Å². The smallest absolute Gasteiger partial charge is 0.221 e. The molecule has 0 bridgehead atoms. The van der Waals surface area contributed by atoms with Crippen LogP contribution in [0.3, 0.4) is 0 Å². The molecule has 5 nitrogen and oxygen atoms in total. The number of hydrogen-bond acceptors (Lipinski definition) is 5. The summed E-state index contributed by atoms with van der Waals surface area (Å²) in [5.41, 5.74) is 0.976. The van der Waals surface area contributed by atoms with Crippen LogP contribution in [0.5, 0.6) is 5.88 Å². The lowest BCUT2D eigenvalue weighted by Gasteiger charge is -2.22. The number of nitrogens with zero attached hydrogens (tertiary/aromatic N) is 2. The third kappa shape index (κ3) is 3.60. The Labute approximate surface area is 121 Å². The maximum Gasteiger partial charge on any atom is 0.221 e. The van der Waals surface area contributed by atoms with Gasteiger partial charge in [0.05, 0.1) is 12.2 Å². The Kier molecular flexibility index (Phi) is 5.17. The van der Waals surface area contributed by atoms with E-state index in [0.29, 0.717) is 18.4 Å². The summed E-state index contributed by atoms with van der Waals surface area (Å²) in [6.45, 7) is 8.57. The van der Waals surface area contributed by atoms with Crippen LogP contribution in [-0.4, -0.2) is 36.8 Å². The van der Waals surface area contributed by atoms with Gasteiger partial charge in [-0.3, -0.25) is 0 Å². The van der Waals surface area contributed by atoms with E-state index >= 15 is 0 Å². The highest BCUT2D eigenvalue weighted by atomic mass is 16.5. The lowest BCUT2D eigenvalue weighted by Crippen LogP contribution is -2.22. The van der Waals surface area contributed by atoms with Gasteiger partial charge in [0.25, 0.3) is 0 Å². The second-order valence-corrected chi connectivity index (χ2v) is 5.63. The molecule has 5 heteroatoms. The van der Waals surface area contributed by atoms with Crippen LogP contribution in [0, 0.1) is 12.8 Å². The zero-order valence-corrected chi connectivity index (χ0v) is 12.9. The monoisotopic (exact) mass is 279 g/mol. The Morgan fingerprint density at radius 1 is 1.30 bits per heavy atom. The van der Waals surface area contributed by atoms with Gasteiger partial charge in [-0.1, -0.05) is 13.8 Å². The van der Waals surface area contributed by atoms with Gasteiger partial charge in [-0.25, -0.2) is 4.98 Å². The summed E-state index contributed by atoms with van der Waals surface area (Å²) in [7, 11) is 1.88. The summed E-state index contributed by atoms with van der Waals surface area (Å²) in [5.74, 6) is 3.24. The molecule has 1 aromatic rings. The molecule has 20 heavy (non-hydrogen) atoms. The number of hydrogen-bond donors (Lipinski definition) is 1. The molecule has 1 aromatic heterocycles. The van der Waals surface area contributed by atoms with Crippen molar-refractivity contribution in [2.75, 3.05) is 32.2 Å². The number of anilines is 1. The minimum absolute atomic E-state index is 0.285. The second-order valence-electron chi connectivity index (χ2n) is 5.63. The Morgan fingerprint density at radius 2 is 2.00 bits per heavy atom. The first-order valence-corrected chi connectivity index (χ1v) is 7.38. The molecule has 1 N–H and O–H groups in total. The quantitative estimate of drug-likeness (QED) is 0.898. The van der Waals surface area contributed by atoms with Gasteiger partial charge in [0, 0.05) is 26.2 Å². The SMILES string of the molecule is CNc1nc(C(C)C)nc(OCC2CCOCC2)c1C. The van der Waals surface area contributed by atoms with Gasteiger partial charge < -0.3 is 14.8 Å². The first-order valence-electron chi connectivity index (χ1n) is 7.38. The van der Waals surface area contributed by atoms with Crippen molar-refractivity contribution in [2.24, 2.45) is 5.92 Å². The Bertz CT molecular complexity index is 443. The van der Waals surface area contributed by atoms with E-state index in [2.05, 4.69) is 29.1 Å². The summed E-state index contributed by atoms with van der Waals surface area (Å²) in [6, 6.07) is 0. The highest BCUT2D eigenvalue weighted by Crippen LogP contribution is 2.26. The van der Waals surface area contributed by atoms with Gasteiger partial charge in [0.2, 0.25) is 5.88 Å². The van der Waals surface area contributed by atoms with Crippen molar-refractivity contribution in [1.82, 2.24) is 9.97 Å². The minimum Gasteiger partial charge on any atom is -0.477 e. The van der Waals surface area contributed by atoms with Crippen molar-refractivity contribution in [1.29, 1.82) is 0 Å². The van der Waals surface area contributed by atoms with Crippen molar-refractivity contribution in [3.05, 3.63) is 11.4 Å². The third-order valence-electron chi connectivity index (χ3n) is 3.67. The number of rotatable bonds is 5. The predicted octanol–water partition coefficient (Wildman–Crippen LogP) is 2.76. The van der Waals surface area contributed by atoms with E-state index in [9.17, 15) is 0 Å². The summed E-state index contributed by atoms with van der Waals surface area (Å²) in [5, 5.41) is 3.12. The van der Waals surface area contributed by atoms with Crippen molar-refractivity contribution in [3.8, 4) is 5.88 Å². The molecule has 2 heterocycles. The molecule has 0 unspecified atom stereocenters. The highest BCUT2D eigenvalue weighted by Gasteiger charge is 2.17. The molecule has 0 amide bonds. The minimum atomic E-state index is 0.285. The van der Waals surface area contributed by atoms with Crippen LogP contribution in [0.25, 0.3) is 0 Å². The topological polar surface area (TPSA) is 56.3 Å². The molecule has 1 aliphatic heterocycles. The first-order chi connectivity index (χ1) is 9.61. The molecular weight excluding hydrogens is 254 g/mol. The fraction of sp³-hybridized carbons (Fsp3) is 0.733. The lowest BCUT2D eigenvalue weighted by atomic mass is 10.0. The third-order valence-corrected chi connectivity index (χ3v) is 3.67. The van der Waals surface area contributed by atoms with Gasteiger partial charge in [-0.2, -0.15) is 4.98 Å². The fourth-order valence-electron chi connectivity index (χ4n) is 2.26. The largest absolute Gasteiger partial charge is 0.477 e. The predicted molar refractivity (Wildman–Crippen MR) is 79.4 cm³/mol. The molecule has 0 spiro atoms. The number of ether oxygens (including phenoxy) is 2. The van der Waals surface area contributed by atoms with Crippen molar-refractivity contribution in [3.63, 3.8) is 0 Å². The van der Waals surface area contributed by atoms with Crippen LogP contribution in [0.2, 0.25) is 0 Å². The molecule has 112 valence electrons. The summed E-state index contributed by atoms with van der Waals surface area (Å²) in [4.78, 5) is 9.08. The van der Waals surface area contributed by atoms with Crippen LogP contribution < -0.4 is 10.1 Å². The first kappa shape index (κ1) is 15.0. The van der Waals surface area contributed by atoms with E-state index in [1.54, 1.807) is 0 Å². The van der Waals surface area contributed by atoms with Crippen LogP contribution in [-0.2, 0) is 4.74 Å². The van der Waals surface area contributed by atoms with Gasteiger partial charge in [-0.05, 0) is 25.7 Å². The van der Waals surface area contributed by atoms with E-state index in [-0.39, 0.29) is 5.92 Å². The van der Waals surface area contributed by atoms with Crippen LogP contribution in [0.15, 0.2) is 0 Å². The molecule has 1 aliphatic rings. The maximum absolute atomic E-state index is 5.96. The Morgan fingerprint density at radius 3 is 2.60 bits per heavy atom. The Hall–Kier alpha value is -1.36. The molecule has 1 fully saturated rings. The maximum atomic E-state index is 5.96. The molecule has 0 atom stereocenters. The van der Waals surface area contributed by atoms with Crippen LogP contribution in [0.4, 0.5) is 5.82 Å². The van der Waals surface area contributed by atoms with Gasteiger partial charge in [0.1, 0.15) is 11.6 Å². The normalized spacial score (nSPS) is 16.4. The molecule has 0 radical (unpaired) electrons. The second kappa shape index (κ2) is 6.88. The molecule has 2 rings (SSSR count). The van der Waals surface area contributed by atoms with E-state index in [0.717, 1.165) is 43.3 Å².